The van der Waals surface area contributed by atoms with Crippen LogP contribution in [0.15, 0.2) is 72.8 Å². The van der Waals surface area contributed by atoms with E-state index in [0.717, 1.165) is 36.6 Å². The van der Waals surface area contributed by atoms with Crippen LogP contribution >= 0.6 is 0 Å². The molecule has 132 valence electrons. The van der Waals surface area contributed by atoms with Crippen LogP contribution in [0.2, 0.25) is 0 Å². The number of rotatable bonds is 6. The van der Waals surface area contributed by atoms with Crippen LogP contribution in [0.4, 0.5) is 5.69 Å². The molecule has 0 radical (unpaired) electrons. The first kappa shape index (κ1) is 16.5. The summed E-state index contributed by atoms with van der Waals surface area (Å²) in [5, 5.41) is 0. The predicted octanol–water partition coefficient (Wildman–Crippen LogP) is 4.84. The Morgan fingerprint density at radius 1 is 0.846 bits per heavy atom. The van der Waals surface area contributed by atoms with E-state index in [-0.39, 0.29) is 0 Å². The Hall–Kier alpha value is -2.94. The first-order valence-corrected chi connectivity index (χ1v) is 9.00. The minimum atomic E-state index is 0.538. The zero-order chi connectivity index (χ0) is 17.8. The predicted molar refractivity (Wildman–Crippen MR) is 105 cm³/mol. The van der Waals surface area contributed by atoms with Gasteiger partial charge in [0, 0.05) is 18.8 Å². The van der Waals surface area contributed by atoms with E-state index in [9.17, 15) is 0 Å². The summed E-state index contributed by atoms with van der Waals surface area (Å²) >= 11 is 0. The fraction of sp³-hybridized carbons (Fsp3) is 0.217. The van der Waals surface area contributed by atoms with Crippen molar-refractivity contribution >= 4 is 5.69 Å². The van der Waals surface area contributed by atoms with Gasteiger partial charge in [0.05, 0.1) is 7.11 Å². The molecule has 3 nitrogen and oxygen atoms in total. The zero-order valence-corrected chi connectivity index (χ0v) is 15.0. The van der Waals surface area contributed by atoms with Crippen LogP contribution in [-0.2, 0) is 19.6 Å². The fourth-order valence-electron chi connectivity index (χ4n) is 3.46. The van der Waals surface area contributed by atoms with E-state index in [0.29, 0.717) is 6.61 Å². The SMILES string of the molecule is COc1cc(CN2CCc3ccccc32)ccc1OCc1ccccc1. The smallest absolute Gasteiger partial charge is 0.161 e. The first-order valence-electron chi connectivity index (χ1n) is 9.00. The molecule has 3 aromatic carbocycles. The molecule has 4 rings (SSSR count). The second kappa shape index (κ2) is 7.52. The number of hydrogen-bond donors (Lipinski definition) is 0. The molecule has 0 amide bonds. The second-order valence-corrected chi connectivity index (χ2v) is 6.56. The maximum Gasteiger partial charge on any atom is 0.161 e. The van der Waals surface area contributed by atoms with E-state index < -0.39 is 0 Å². The van der Waals surface area contributed by atoms with Crippen molar-refractivity contribution in [1.29, 1.82) is 0 Å². The molecule has 1 heterocycles. The summed E-state index contributed by atoms with van der Waals surface area (Å²) in [5.41, 5.74) is 5.15. The third-order valence-electron chi connectivity index (χ3n) is 4.82. The molecule has 0 unspecified atom stereocenters. The lowest BCUT2D eigenvalue weighted by atomic mass is 10.1. The quantitative estimate of drug-likeness (QED) is 0.638. The molecule has 0 N–H and O–H groups in total. The number of hydrogen-bond acceptors (Lipinski definition) is 3. The van der Waals surface area contributed by atoms with Crippen molar-refractivity contribution in [2.24, 2.45) is 0 Å². The van der Waals surface area contributed by atoms with Crippen LogP contribution in [0, 0.1) is 0 Å². The zero-order valence-electron chi connectivity index (χ0n) is 15.0. The van der Waals surface area contributed by atoms with E-state index in [1.165, 1.54) is 16.8 Å². The van der Waals surface area contributed by atoms with Crippen molar-refractivity contribution in [3.63, 3.8) is 0 Å². The maximum atomic E-state index is 5.96. The average Bonchev–Trinajstić information content (AvgIpc) is 3.10. The van der Waals surface area contributed by atoms with Gasteiger partial charge in [-0.05, 0) is 41.3 Å². The Labute approximate surface area is 154 Å². The molecule has 3 heteroatoms. The molecule has 0 bridgehead atoms. The number of para-hydroxylation sites is 1. The third-order valence-corrected chi connectivity index (χ3v) is 4.82. The monoisotopic (exact) mass is 345 g/mol. The fourth-order valence-corrected chi connectivity index (χ4v) is 3.46. The van der Waals surface area contributed by atoms with E-state index >= 15 is 0 Å². The van der Waals surface area contributed by atoms with Crippen molar-refractivity contribution in [2.45, 2.75) is 19.6 Å². The Morgan fingerprint density at radius 2 is 1.65 bits per heavy atom. The molecule has 1 aliphatic heterocycles. The highest BCUT2D eigenvalue weighted by atomic mass is 16.5. The van der Waals surface area contributed by atoms with Crippen molar-refractivity contribution in [2.75, 3.05) is 18.6 Å². The minimum Gasteiger partial charge on any atom is -0.493 e. The lowest BCUT2D eigenvalue weighted by molar-refractivity contribution is 0.284. The van der Waals surface area contributed by atoms with Crippen molar-refractivity contribution < 1.29 is 9.47 Å². The molecule has 0 aliphatic carbocycles. The first-order chi connectivity index (χ1) is 12.8. The summed E-state index contributed by atoms with van der Waals surface area (Å²) in [6.45, 7) is 2.48. The van der Waals surface area contributed by atoms with Crippen LogP contribution < -0.4 is 14.4 Å². The lowest BCUT2D eigenvalue weighted by Crippen LogP contribution is -2.19. The maximum absolute atomic E-state index is 5.96. The normalized spacial score (nSPS) is 12.7. The lowest BCUT2D eigenvalue weighted by Gasteiger charge is -2.20. The van der Waals surface area contributed by atoms with Gasteiger partial charge in [-0.1, -0.05) is 54.6 Å². The van der Waals surface area contributed by atoms with Gasteiger partial charge in [0.2, 0.25) is 0 Å². The van der Waals surface area contributed by atoms with Gasteiger partial charge in [0.1, 0.15) is 6.61 Å². The van der Waals surface area contributed by atoms with Gasteiger partial charge < -0.3 is 14.4 Å². The number of ether oxygens (including phenoxy) is 2. The Kier molecular flexibility index (Phi) is 4.78. The summed E-state index contributed by atoms with van der Waals surface area (Å²) in [4.78, 5) is 2.43. The minimum absolute atomic E-state index is 0.538. The van der Waals surface area contributed by atoms with E-state index in [4.69, 9.17) is 9.47 Å². The Bertz CT molecular complexity index is 876. The molecule has 0 spiro atoms. The highest BCUT2D eigenvalue weighted by molar-refractivity contribution is 5.58. The highest BCUT2D eigenvalue weighted by Gasteiger charge is 2.18. The van der Waals surface area contributed by atoms with Crippen LogP contribution in [0.5, 0.6) is 11.5 Å². The third kappa shape index (κ3) is 3.52. The van der Waals surface area contributed by atoms with E-state index in [2.05, 4.69) is 53.4 Å². The van der Waals surface area contributed by atoms with Gasteiger partial charge in [0.15, 0.2) is 11.5 Å². The number of benzene rings is 3. The van der Waals surface area contributed by atoms with E-state index in [1.807, 2.05) is 24.3 Å². The van der Waals surface area contributed by atoms with Crippen LogP contribution in [0.25, 0.3) is 0 Å². The molecular formula is C23H23NO2. The molecule has 26 heavy (non-hydrogen) atoms. The highest BCUT2D eigenvalue weighted by Crippen LogP contribution is 2.32. The molecule has 0 fully saturated rings. The Balaban J connectivity index is 1.47. The molecule has 1 aliphatic rings. The topological polar surface area (TPSA) is 21.7 Å². The summed E-state index contributed by atoms with van der Waals surface area (Å²) in [5.74, 6) is 1.56. The largest absolute Gasteiger partial charge is 0.493 e. The molecule has 0 atom stereocenters. The summed E-state index contributed by atoms with van der Waals surface area (Å²) in [6, 6.07) is 25.0. The standard InChI is InChI=1S/C23H23NO2/c1-25-23-15-19(16-24-14-13-20-9-5-6-10-21(20)24)11-12-22(23)26-17-18-7-3-2-4-8-18/h2-12,15H,13-14,16-17H2,1H3. The molecule has 0 saturated heterocycles. The van der Waals surface area contributed by atoms with Crippen LogP contribution in [-0.4, -0.2) is 13.7 Å². The summed E-state index contributed by atoms with van der Waals surface area (Å²) in [6.07, 6.45) is 1.12. The average molecular weight is 345 g/mol. The van der Waals surface area contributed by atoms with Crippen LogP contribution in [0.1, 0.15) is 16.7 Å². The van der Waals surface area contributed by atoms with Gasteiger partial charge in [-0.25, -0.2) is 0 Å². The number of methoxy groups -OCH3 is 1. The summed E-state index contributed by atoms with van der Waals surface area (Å²) in [7, 11) is 1.69. The summed E-state index contributed by atoms with van der Waals surface area (Å²) < 4.78 is 11.5. The van der Waals surface area contributed by atoms with Crippen LogP contribution in [0.3, 0.4) is 0 Å². The number of nitrogens with zero attached hydrogens (tertiary/aromatic N) is 1. The molecule has 3 aromatic rings. The van der Waals surface area contributed by atoms with Gasteiger partial charge in [-0.2, -0.15) is 0 Å². The van der Waals surface area contributed by atoms with E-state index in [1.54, 1.807) is 7.11 Å². The molecule has 0 aromatic heterocycles. The van der Waals surface area contributed by atoms with Gasteiger partial charge in [-0.3, -0.25) is 0 Å². The Morgan fingerprint density at radius 3 is 2.50 bits per heavy atom. The number of anilines is 1. The van der Waals surface area contributed by atoms with Crippen molar-refractivity contribution in [3.8, 4) is 11.5 Å². The van der Waals surface area contributed by atoms with Gasteiger partial charge in [-0.15, -0.1) is 0 Å². The van der Waals surface area contributed by atoms with Gasteiger partial charge >= 0.3 is 0 Å². The molecule has 0 saturated carbocycles. The van der Waals surface area contributed by atoms with Gasteiger partial charge in [0.25, 0.3) is 0 Å². The van der Waals surface area contributed by atoms with Crippen molar-refractivity contribution in [3.05, 3.63) is 89.5 Å². The van der Waals surface area contributed by atoms with Crippen molar-refractivity contribution in [1.82, 2.24) is 0 Å². The molecular weight excluding hydrogens is 322 g/mol. The second-order valence-electron chi connectivity index (χ2n) is 6.56. The number of fused-ring (bicyclic) bond motifs is 1.